The minimum absolute atomic E-state index is 0.564. The molecule has 9 aromatic carbocycles. The van der Waals surface area contributed by atoms with Gasteiger partial charge in [-0.25, -0.2) is 15.0 Å². The molecule has 0 aliphatic rings. The largest absolute Gasteiger partial charge is 0.454 e. The summed E-state index contributed by atoms with van der Waals surface area (Å²) in [5, 5.41) is 10.3. The quantitative estimate of drug-likeness (QED) is 0.173. The van der Waals surface area contributed by atoms with Gasteiger partial charge in [-0.3, -0.25) is 4.98 Å². The monoisotopic (exact) mass is 847 g/mol. The van der Waals surface area contributed by atoms with Crippen LogP contribution in [0.15, 0.2) is 205 Å². The van der Waals surface area contributed by atoms with Crippen molar-refractivity contribution < 1.29 is 4.42 Å². The number of hydrogen-bond acceptors (Lipinski definition) is 6. The van der Waals surface area contributed by atoms with E-state index in [1.54, 1.807) is 17.5 Å². The molecule has 0 aliphatic heterocycles. The van der Waals surface area contributed by atoms with Crippen LogP contribution >= 0.6 is 11.3 Å². The predicted octanol–water partition coefficient (Wildman–Crippen LogP) is 15.6. The standard InChI is InChI=1S/C58H33N5OS/c1-2-12-35-31-36(25-24-34(35)11-1)37-26-28-42-41-13-3-5-19-47(41)63(49(42)32-37)48-20-8-15-39-40(48)16-7-17-43(39)57-60-56(38-27-29-44-51(33-38)64-50-21-10-30-59-55(44)50)61-58(62-57)46-18-9-23-53-54(46)45-14-4-6-22-52(45)65-53/h1-33H. The smallest absolute Gasteiger partial charge is 0.164 e. The SMILES string of the molecule is c1ccc2cc(-c3ccc4c5ccccc5n(-c5cccc6c(-c7nc(-c8ccc9c(c8)oc8cccnc89)nc(-c8cccc9sc%10ccccc%10c89)n7)cccc56)c4c3)ccc2c1. The summed E-state index contributed by atoms with van der Waals surface area (Å²) >= 11 is 1.79. The number of thiophene rings is 1. The second kappa shape index (κ2) is 14.0. The predicted molar refractivity (Wildman–Crippen MR) is 269 cm³/mol. The number of para-hydroxylation sites is 1. The fourth-order valence-corrected chi connectivity index (χ4v) is 11.0. The number of benzene rings is 9. The second-order valence-corrected chi connectivity index (χ2v) is 17.7. The van der Waals surface area contributed by atoms with Gasteiger partial charge in [-0.15, -0.1) is 11.3 Å². The van der Waals surface area contributed by atoms with Gasteiger partial charge in [0, 0.05) is 64.6 Å². The van der Waals surface area contributed by atoms with Crippen LogP contribution in [0.25, 0.3) is 137 Å². The van der Waals surface area contributed by atoms with E-state index in [1.807, 2.05) is 18.2 Å². The van der Waals surface area contributed by atoms with E-state index in [0.29, 0.717) is 17.5 Å². The Morgan fingerprint density at radius 2 is 1.08 bits per heavy atom. The summed E-state index contributed by atoms with van der Waals surface area (Å²) < 4.78 is 11.2. The number of aromatic nitrogens is 5. The van der Waals surface area contributed by atoms with Crippen molar-refractivity contribution in [2.24, 2.45) is 0 Å². The van der Waals surface area contributed by atoms with Crippen LogP contribution in [0.4, 0.5) is 0 Å². The van der Waals surface area contributed by atoms with E-state index in [9.17, 15) is 0 Å². The highest BCUT2D eigenvalue weighted by Crippen LogP contribution is 2.42. The fourth-order valence-electron chi connectivity index (χ4n) is 9.90. The third-order valence-corrected chi connectivity index (χ3v) is 14.0. The molecule has 5 aromatic heterocycles. The summed E-state index contributed by atoms with van der Waals surface area (Å²) in [4.78, 5) is 20.6. The van der Waals surface area contributed by atoms with E-state index in [1.165, 1.54) is 47.5 Å². The topological polar surface area (TPSA) is 69.6 Å². The van der Waals surface area contributed by atoms with Crippen LogP contribution in [0, 0.1) is 0 Å². The number of pyridine rings is 1. The molecule has 0 spiro atoms. The molecule has 5 heterocycles. The third kappa shape index (κ3) is 5.59. The average Bonchev–Trinajstić information content (AvgIpc) is 4.05. The van der Waals surface area contributed by atoms with E-state index in [-0.39, 0.29) is 0 Å². The van der Waals surface area contributed by atoms with E-state index >= 15 is 0 Å². The van der Waals surface area contributed by atoms with Gasteiger partial charge in [-0.2, -0.15) is 0 Å². The van der Waals surface area contributed by atoms with Crippen LogP contribution in [-0.2, 0) is 0 Å². The fraction of sp³-hybridized carbons (Fsp3) is 0. The van der Waals surface area contributed by atoms with Crippen LogP contribution < -0.4 is 0 Å². The van der Waals surface area contributed by atoms with Crippen LogP contribution in [0.2, 0.25) is 0 Å². The Hall–Kier alpha value is -8.52. The highest BCUT2D eigenvalue weighted by molar-refractivity contribution is 7.25. The van der Waals surface area contributed by atoms with Crippen molar-refractivity contribution in [1.82, 2.24) is 24.5 Å². The molecule has 6 nitrogen and oxygen atoms in total. The van der Waals surface area contributed by atoms with Gasteiger partial charge < -0.3 is 8.98 Å². The zero-order valence-corrected chi connectivity index (χ0v) is 35.4. The molecule has 302 valence electrons. The molecule has 0 saturated heterocycles. The van der Waals surface area contributed by atoms with Crippen molar-refractivity contribution in [2.45, 2.75) is 0 Å². The van der Waals surface area contributed by atoms with Gasteiger partial charge in [0.15, 0.2) is 23.1 Å². The molecule has 0 saturated carbocycles. The third-order valence-electron chi connectivity index (χ3n) is 12.9. The highest BCUT2D eigenvalue weighted by Gasteiger charge is 2.21. The molecule has 0 unspecified atom stereocenters. The Morgan fingerprint density at radius 1 is 0.400 bits per heavy atom. The first kappa shape index (κ1) is 36.0. The van der Waals surface area contributed by atoms with Crippen molar-refractivity contribution in [1.29, 1.82) is 0 Å². The molecule has 14 rings (SSSR count). The van der Waals surface area contributed by atoms with Crippen molar-refractivity contribution in [2.75, 3.05) is 0 Å². The van der Waals surface area contributed by atoms with Gasteiger partial charge in [0.1, 0.15) is 11.1 Å². The molecule has 0 bridgehead atoms. The zero-order valence-electron chi connectivity index (χ0n) is 34.6. The zero-order chi connectivity index (χ0) is 42.6. The molecule has 0 fully saturated rings. The number of fused-ring (bicyclic) bond motifs is 11. The van der Waals surface area contributed by atoms with Crippen LogP contribution in [0.3, 0.4) is 0 Å². The maximum atomic E-state index is 6.32. The minimum atomic E-state index is 0.564. The van der Waals surface area contributed by atoms with Crippen LogP contribution in [0.1, 0.15) is 0 Å². The summed E-state index contributed by atoms with van der Waals surface area (Å²) in [6, 6.07) is 68.9. The maximum Gasteiger partial charge on any atom is 0.164 e. The molecule has 65 heavy (non-hydrogen) atoms. The average molecular weight is 848 g/mol. The van der Waals surface area contributed by atoms with Crippen molar-refractivity contribution in [3.05, 3.63) is 200 Å². The first-order chi connectivity index (χ1) is 32.2. The molecular weight excluding hydrogens is 815 g/mol. The minimum Gasteiger partial charge on any atom is -0.454 e. The van der Waals surface area contributed by atoms with Gasteiger partial charge in [0.25, 0.3) is 0 Å². The van der Waals surface area contributed by atoms with Gasteiger partial charge in [0.2, 0.25) is 0 Å². The van der Waals surface area contributed by atoms with Crippen molar-refractivity contribution in [3.8, 4) is 51.0 Å². The Labute approximate surface area is 375 Å². The Kier molecular flexibility index (Phi) is 7.75. The Morgan fingerprint density at radius 3 is 2.03 bits per heavy atom. The van der Waals surface area contributed by atoms with E-state index in [2.05, 4.69) is 185 Å². The van der Waals surface area contributed by atoms with Gasteiger partial charge >= 0.3 is 0 Å². The summed E-state index contributed by atoms with van der Waals surface area (Å²) in [5.74, 6) is 1.77. The van der Waals surface area contributed by atoms with Gasteiger partial charge in [0.05, 0.1) is 16.7 Å². The number of furan rings is 1. The van der Waals surface area contributed by atoms with E-state index < -0.39 is 0 Å². The summed E-state index contributed by atoms with van der Waals surface area (Å²) in [6.45, 7) is 0. The van der Waals surface area contributed by atoms with E-state index in [0.717, 1.165) is 71.6 Å². The van der Waals surface area contributed by atoms with Crippen LogP contribution in [0.5, 0.6) is 0 Å². The first-order valence-corrected chi connectivity index (χ1v) is 22.5. The number of hydrogen-bond donors (Lipinski definition) is 0. The summed E-state index contributed by atoms with van der Waals surface area (Å²) in [5.41, 5.74) is 10.8. The van der Waals surface area contributed by atoms with Crippen molar-refractivity contribution in [3.63, 3.8) is 0 Å². The lowest BCUT2D eigenvalue weighted by Gasteiger charge is -2.15. The second-order valence-electron chi connectivity index (χ2n) is 16.6. The van der Waals surface area contributed by atoms with Crippen LogP contribution in [-0.4, -0.2) is 24.5 Å². The lowest BCUT2D eigenvalue weighted by Crippen LogP contribution is -2.01. The normalized spacial score (nSPS) is 12.0. The maximum absolute atomic E-state index is 6.32. The number of rotatable bonds is 5. The summed E-state index contributed by atoms with van der Waals surface area (Å²) in [7, 11) is 0. The highest BCUT2D eigenvalue weighted by atomic mass is 32.1. The van der Waals surface area contributed by atoms with Crippen molar-refractivity contribution >= 4 is 96.9 Å². The number of nitrogens with zero attached hydrogens (tertiary/aromatic N) is 5. The molecule has 14 aromatic rings. The lowest BCUT2D eigenvalue weighted by molar-refractivity contribution is 0.668. The van der Waals surface area contributed by atoms with Gasteiger partial charge in [-0.1, -0.05) is 133 Å². The molecule has 0 amide bonds. The first-order valence-electron chi connectivity index (χ1n) is 21.7. The van der Waals surface area contributed by atoms with E-state index in [4.69, 9.17) is 19.4 Å². The molecule has 0 N–H and O–H groups in total. The molecule has 7 heteroatoms. The molecular formula is C58H33N5OS. The van der Waals surface area contributed by atoms with Gasteiger partial charge in [-0.05, 0) is 87.9 Å². The molecule has 0 radical (unpaired) electrons. The Balaban J connectivity index is 0.994. The summed E-state index contributed by atoms with van der Waals surface area (Å²) in [6.07, 6.45) is 1.80. The lowest BCUT2D eigenvalue weighted by atomic mass is 10.00. The Bertz CT molecular complexity index is 4270. The molecule has 0 aliphatic carbocycles. The molecule has 0 atom stereocenters.